The van der Waals surface area contributed by atoms with Crippen LogP contribution in [0.4, 0.5) is 15.0 Å². The first-order valence-electron chi connectivity index (χ1n) is 9.97. The lowest BCUT2D eigenvalue weighted by atomic mass is 9.86. The summed E-state index contributed by atoms with van der Waals surface area (Å²) in [5.41, 5.74) is -0.816. The van der Waals surface area contributed by atoms with E-state index in [1.807, 2.05) is 16.4 Å². The quantitative estimate of drug-likeness (QED) is 0.504. The number of ether oxygens (including phenoxy) is 2. The van der Waals surface area contributed by atoms with Crippen LogP contribution < -0.4 is 19.5 Å². The molecule has 0 aliphatic carbocycles. The van der Waals surface area contributed by atoms with Crippen LogP contribution in [-0.2, 0) is 21.5 Å². The number of halogens is 1. The van der Waals surface area contributed by atoms with Crippen LogP contribution in [0.3, 0.4) is 0 Å². The average molecular weight is 492 g/mol. The van der Waals surface area contributed by atoms with Crippen LogP contribution in [0.1, 0.15) is 19.4 Å². The first kappa shape index (κ1) is 23.3. The summed E-state index contributed by atoms with van der Waals surface area (Å²) in [6, 6.07) is 0.872. The minimum absolute atomic E-state index is 0.0191. The van der Waals surface area contributed by atoms with Crippen molar-refractivity contribution < 1.29 is 27.1 Å². The van der Waals surface area contributed by atoms with Crippen LogP contribution >= 0.6 is 0 Å². The van der Waals surface area contributed by atoms with E-state index in [4.69, 9.17) is 9.47 Å². The predicted octanol–water partition coefficient (Wildman–Crippen LogP) is 0.789. The molecule has 4 rings (SSSR count). The lowest BCUT2D eigenvalue weighted by Crippen LogP contribution is -2.64. The Morgan fingerprint density at radius 3 is 2.82 bits per heavy atom. The highest BCUT2D eigenvalue weighted by Gasteiger charge is 2.48. The van der Waals surface area contributed by atoms with E-state index >= 15 is 0 Å². The van der Waals surface area contributed by atoms with Gasteiger partial charge < -0.3 is 14.8 Å². The molecule has 1 fully saturated rings. The van der Waals surface area contributed by atoms with E-state index in [1.54, 1.807) is 13.1 Å². The van der Waals surface area contributed by atoms with Crippen LogP contribution in [0.5, 0.6) is 6.01 Å². The summed E-state index contributed by atoms with van der Waals surface area (Å²) < 4.78 is 53.5. The Morgan fingerprint density at radius 1 is 1.32 bits per heavy atom. The molecule has 15 heteroatoms. The molecule has 0 radical (unpaired) electrons. The lowest BCUT2D eigenvalue weighted by Gasteiger charge is -2.48. The second kappa shape index (κ2) is 8.83. The second-order valence-corrected chi connectivity index (χ2v) is 9.16. The maximum atomic E-state index is 15.0. The molecule has 0 aromatic carbocycles. The number of anilines is 1. The monoisotopic (exact) mass is 492 g/mol. The maximum Gasteiger partial charge on any atom is 0.415 e. The Bertz CT molecular complexity index is 1270. The van der Waals surface area contributed by atoms with E-state index in [9.17, 15) is 17.6 Å². The van der Waals surface area contributed by atoms with Crippen molar-refractivity contribution >= 4 is 22.1 Å². The number of nitrogens with one attached hydrogen (secondary N) is 3. The van der Waals surface area contributed by atoms with Crippen molar-refractivity contribution in [3.05, 3.63) is 59.8 Å². The minimum atomic E-state index is -3.98. The molecular weight excluding hydrogens is 471 g/mol. The van der Waals surface area contributed by atoms with E-state index in [1.165, 1.54) is 42.7 Å². The summed E-state index contributed by atoms with van der Waals surface area (Å²) in [7, 11) is -2.80. The normalized spacial score (nSPS) is 22.1. The number of nitrogens with zero attached hydrogens (tertiary/aromatic N) is 5. The Labute approximate surface area is 194 Å². The van der Waals surface area contributed by atoms with E-state index in [0.717, 1.165) is 0 Å². The molecule has 2 atom stereocenters. The smallest absolute Gasteiger partial charge is 0.415 e. The van der Waals surface area contributed by atoms with E-state index in [0.29, 0.717) is 11.5 Å². The van der Waals surface area contributed by atoms with Gasteiger partial charge in [0, 0.05) is 31.1 Å². The summed E-state index contributed by atoms with van der Waals surface area (Å²) >= 11 is 0. The van der Waals surface area contributed by atoms with Crippen LogP contribution in [0.2, 0.25) is 0 Å². The largest absolute Gasteiger partial charge is 0.422 e. The molecule has 13 nitrogen and oxygen atoms in total. The SMILES string of the molecule is CNS(=O)(=O)Nc1nccc(CN2C(=O)OC3=CC(Oc4nccnn4)=CNC3(C)[C@H]2C)c1F. The summed E-state index contributed by atoms with van der Waals surface area (Å²) in [6.45, 7) is 3.39. The van der Waals surface area contributed by atoms with Gasteiger partial charge in [0.05, 0.1) is 25.0 Å². The highest BCUT2D eigenvalue weighted by molar-refractivity contribution is 7.90. The van der Waals surface area contributed by atoms with Crippen molar-refractivity contribution in [2.24, 2.45) is 0 Å². The topological polar surface area (TPSA) is 161 Å². The maximum absolute atomic E-state index is 15.0. The number of carbonyl (C=O) groups is 1. The fourth-order valence-corrected chi connectivity index (χ4v) is 3.88. The van der Waals surface area contributed by atoms with Crippen LogP contribution in [0.15, 0.2) is 48.5 Å². The van der Waals surface area contributed by atoms with Gasteiger partial charge in [0.2, 0.25) is 0 Å². The molecule has 0 bridgehead atoms. The van der Waals surface area contributed by atoms with Gasteiger partial charge in [-0.2, -0.15) is 13.5 Å². The van der Waals surface area contributed by atoms with Crippen LogP contribution in [0, 0.1) is 5.82 Å². The number of dihydropyridines is 1. The van der Waals surface area contributed by atoms with Gasteiger partial charge >= 0.3 is 12.1 Å². The number of rotatable bonds is 7. The Kier molecular flexibility index (Phi) is 6.05. The van der Waals surface area contributed by atoms with E-state index in [2.05, 4.69) is 25.5 Å². The van der Waals surface area contributed by atoms with Gasteiger partial charge in [-0.3, -0.25) is 9.62 Å². The summed E-state index contributed by atoms with van der Waals surface area (Å²) in [4.78, 5) is 21.8. The predicted molar refractivity (Wildman–Crippen MR) is 115 cm³/mol. The fraction of sp³-hybridized carbons (Fsp3) is 0.316. The molecular formula is C19H21FN8O5S. The zero-order chi connectivity index (χ0) is 24.5. The molecule has 0 saturated carbocycles. The molecule has 180 valence electrons. The third kappa shape index (κ3) is 4.47. The number of hydrogen-bond acceptors (Lipinski definition) is 10. The van der Waals surface area contributed by atoms with Crippen molar-refractivity contribution in [3.63, 3.8) is 0 Å². The van der Waals surface area contributed by atoms with Gasteiger partial charge in [-0.05, 0) is 19.9 Å². The molecule has 1 amide bonds. The number of aromatic nitrogens is 4. The van der Waals surface area contributed by atoms with Crippen molar-refractivity contribution in [1.82, 2.24) is 35.1 Å². The van der Waals surface area contributed by atoms with Crippen molar-refractivity contribution in [1.29, 1.82) is 0 Å². The number of fused-ring (bicyclic) bond motifs is 1. The first-order valence-corrected chi connectivity index (χ1v) is 11.5. The Balaban J connectivity index is 1.54. The third-order valence-corrected chi connectivity index (χ3v) is 6.51. The summed E-state index contributed by atoms with van der Waals surface area (Å²) in [5.74, 6) is -0.804. The number of amides is 1. The number of carbonyl (C=O) groups excluding carboxylic acids is 1. The number of allylic oxidation sites excluding steroid dienone is 1. The molecule has 0 spiro atoms. The first-order chi connectivity index (χ1) is 16.1. The fourth-order valence-electron chi connectivity index (χ4n) is 3.38. The molecule has 34 heavy (non-hydrogen) atoms. The zero-order valence-corrected chi connectivity index (χ0v) is 19.1. The average Bonchev–Trinajstić information content (AvgIpc) is 2.81. The minimum Gasteiger partial charge on any atom is -0.422 e. The molecule has 1 unspecified atom stereocenters. The number of hydrogen-bond donors (Lipinski definition) is 3. The van der Waals surface area contributed by atoms with Gasteiger partial charge in [0.15, 0.2) is 11.6 Å². The van der Waals surface area contributed by atoms with Gasteiger partial charge in [-0.25, -0.2) is 23.9 Å². The second-order valence-electron chi connectivity index (χ2n) is 7.54. The molecule has 2 aliphatic rings. The zero-order valence-electron chi connectivity index (χ0n) is 18.3. The standard InChI is InChI=1S/C19H21FN8O5S/c1-11-19(2)14(8-13(9-24-19)32-17-23-6-7-25-26-17)33-18(29)28(11)10-12-4-5-22-16(15(12)20)27-34(30,31)21-3/h4-9,11,21,24H,10H2,1-3H3,(H,22,27)/t11-,19?/m1/s1. The highest BCUT2D eigenvalue weighted by Crippen LogP contribution is 2.36. The van der Waals surface area contributed by atoms with Gasteiger partial charge in [-0.15, -0.1) is 0 Å². The van der Waals surface area contributed by atoms with Crippen molar-refractivity contribution in [2.45, 2.75) is 32.0 Å². The molecule has 4 heterocycles. The third-order valence-electron chi connectivity index (χ3n) is 5.51. The van der Waals surface area contributed by atoms with Crippen molar-refractivity contribution in [3.8, 4) is 6.01 Å². The van der Waals surface area contributed by atoms with Gasteiger partial charge in [-0.1, -0.05) is 5.10 Å². The summed E-state index contributed by atoms with van der Waals surface area (Å²) in [5, 5.41) is 10.6. The highest BCUT2D eigenvalue weighted by atomic mass is 32.2. The Morgan fingerprint density at radius 2 is 2.12 bits per heavy atom. The van der Waals surface area contributed by atoms with E-state index < -0.39 is 39.5 Å². The van der Waals surface area contributed by atoms with Crippen molar-refractivity contribution in [2.75, 3.05) is 11.8 Å². The van der Waals surface area contributed by atoms with Gasteiger partial charge in [0.1, 0.15) is 17.1 Å². The molecule has 3 N–H and O–H groups in total. The van der Waals surface area contributed by atoms with Gasteiger partial charge in [0.25, 0.3) is 10.2 Å². The molecule has 1 saturated heterocycles. The number of pyridine rings is 1. The lowest BCUT2D eigenvalue weighted by molar-refractivity contribution is 0.0300. The van der Waals surface area contributed by atoms with E-state index in [-0.39, 0.29) is 18.1 Å². The molecule has 2 aliphatic heterocycles. The summed E-state index contributed by atoms with van der Waals surface area (Å²) in [6.07, 6.45) is 6.46. The van der Waals surface area contributed by atoms with Crippen LogP contribution in [0.25, 0.3) is 0 Å². The Hall–Kier alpha value is -3.85. The molecule has 2 aromatic heterocycles. The molecule has 2 aromatic rings. The van der Waals surface area contributed by atoms with Crippen LogP contribution in [-0.4, -0.2) is 58.2 Å².